The van der Waals surface area contributed by atoms with Gasteiger partial charge in [-0.3, -0.25) is 0 Å². The van der Waals surface area contributed by atoms with Gasteiger partial charge in [-0.1, -0.05) is 57.0 Å². The fourth-order valence-electron chi connectivity index (χ4n) is 3.01. The Labute approximate surface area is 145 Å². The molecule has 0 aliphatic carbocycles. The van der Waals surface area contributed by atoms with Gasteiger partial charge in [-0.05, 0) is 18.8 Å². The third-order valence-electron chi connectivity index (χ3n) is 4.37. The van der Waals surface area contributed by atoms with Gasteiger partial charge in [-0.2, -0.15) is 0 Å². The van der Waals surface area contributed by atoms with Crippen LogP contribution < -0.4 is 10.2 Å². The zero-order valence-corrected chi connectivity index (χ0v) is 14.8. The molecule has 0 unspecified atom stereocenters. The van der Waals surface area contributed by atoms with E-state index in [0.29, 0.717) is 5.92 Å². The van der Waals surface area contributed by atoms with Crippen molar-refractivity contribution in [3.8, 4) is 11.4 Å². The molecule has 1 N–H and O–H groups in total. The van der Waals surface area contributed by atoms with Gasteiger partial charge in [0, 0.05) is 31.3 Å². The van der Waals surface area contributed by atoms with Crippen molar-refractivity contribution in [1.29, 1.82) is 0 Å². The van der Waals surface area contributed by atoms with Gasteiger partial charge >= 0.3 is 0 Å². The molecule has 1 aromatic heterocycles. The van der Waals surface area contributed by atoms with E-state index in [1.165, 1.54) is 25.7 Å². The van der Waals surface area contributed by atoms with Crippen molar-refractivity contribution in [2.24, 2.45) is 5.92 Å². The van der Waals surface area contributed by atoms with Gasteiger partial charge in [-0.25, -0.2) is 9.97 Å². The lowest BCUT2D eigenvalue weighted by Gasteiger charge is -2.23. The molecule has 2 aromatic rings. The van der Waals surface area contributed by atoms with Gasteiger partial charge in [0.25, 0.3) is 0 Å². The van der Waals surface area contributed by atoms with Crippen LogP contribution in [0, 0.1) is 5.92 Å². The lowest BCUT2D eigenvalue weighted by atomic mass is 10.2. The molecular formula is C20H28N4. The molecule has 128 valence electrons. The topological polar surface area (TPSA) is 41.0 Å². The first-order valence-corrected chi connectivity index (χ1v) is 9.16. The molecule has 1 aromatic carbocycles. The van der Waals surface area contributed by atoms with Gasteiger partial charge in [0.2, 0.25) is 0 Å². The second kappa shape index (κ2) is 8.13. The lowest BCUT2D eigenvalue weighted by Crippen LogP contribution is -2.25. The fourth-order valence-corrected chi connectivity index (χ4v) is 3.01. The Balaban J connectivity index is 1.92. The summed E-state index contributed by atoms with van der Waals surface area (Å²) in [5.41, 5.74) is 1.07. The summed E-state index contributed by atoms with van der Waals surface area (Å²) in [5.74, 6) is 3.37. The van der Waals surface area contributed by atoms with Crippen LogP contribution in [0.15, 0.2) is 36.4 Å². The second-order valence-corrected chi connectivity index (χ2v) is 6.98. The minimum atomic E-state index is 0.585. The maximum atomic E-state index is 4.87. The number of nitrogens with one attached hydrogen (secondary N) is 1. The number of benzene rings is 1. The van der Waals surface area contributed by atoms with Crippen molar-refractivity contribution in [2.75, 3.05) is 29.9 Å². The third kappa shape index (κ3) is 4.47. The molecule has 0 amide bonds. The molecule has 4 nitrogen and oxygen atoms in total. The van der Waals surface area contributed by atoms with Crippen LogP contribution in [0.1, 0.15) is 39.5 Å². The summed E-state index contributed by atoms with van der Waals surface area (Å²) >= 11 is 0. The van der Waals surface area contributed by atoms with Crippen LogP contribution in [0.25, 0.3) is 11.4 Å². The minimum absolute atomic E-state index is 0.585. The zero-order chi connectivity index (χ0) is 16.8. The molecule has 0 bridgehead atoms. The van der Waals surface area contributed by atoms with E-state index in [1.807, 2.05) is 18.2 Å². The van der Waals surface area contributed by atoms with Crippen LogP contribution in [0.4, 0.5) is 11.6 Å². The molecule has 1 fully saturated rings. The smallest absolute Gasteiger partial charge is 0.163 e. The van der Waals surface area contributed by atoms with E-state index >= 15 is 0 Å². The maximum Gasteiger partial charge on any atom is 0.163 e. The summed E-state index contributed by atoms with van der Waals surface area (Å²) in [4.78, 5) is 12.0. The fraction of sp³-hybridized carbons (Fsp3) is 0.500. The number of aromatic nitrogens is 2. The standard InChI is InChI=1S/C20H28N4/c1-16(2)15-21-18-14-19(24-12-8-3-4-9-13-24)23-20(22-18)17-10-6-5-7-11-17/h5-7,10-11,14,16H,3-4,8-9,12-13,15H2,1-2H3,(H,21,22,23). The van der Waals surface area contributed by atoms with Gasteiger partial charge < -0.3 is 10.2 Å². The van der Waals surface area contributed by atoms with Crippen molar-refractivity contribution >= 4 is 11.6 Å². The number of rotatable bonds is 5. The highest BCUT2D eigenvalue weighted by molar-refractivity contribution is 5.61. The van der Waals surface area contributed by atoms with Crippen molar-refractivity contribution in [1.82, 2.24) is 9.97 Å². The van der Waals surface area contributed by atoms with Gasteiger partial charge in [0.15, 0.2) is 5.82 Å². The summed E-state index contributed by atoms with van der Waals surface area (Å²) in [5, 5.41) is 3.47. The second-order valence-electron chi connectivity index (χ2n) is 6.98. The van der Waals surface area contributed by atoms with Crippen molar-refractivity contribution in [2.45, 2.75) is 39.5 Å². The summed E-state index contributed by atoms with van der Waals surface area (Å²) in [7, 11) is 0. The normalized spacial score (nSPS) is 15.4. The van der Waals surface area contributed by atoms with Gasteiger partial charge in [-0.15, -0.1) is 0 Å². The summed E-state index contributed by atoms with van der Waals surface area (Å²) in [6.45, 7) is 7.53. The van der Waals surface area contributed by atoms with Crippen LogP contribution in [0.2, 0.25) is 0 Å². The molecule has 24 heavy (non-hydrogen) atoms. The Morgan fingerprint density at radius 1 is 1.00 bits per heavy atom. The summed E-state index contributed by atoms with van der Waals surface area (Å²) < 4.78 is 0. The first-order chi connectivity index (χ1) is 11.7. The van der Waals surface area contributed by atoms with Crippen LogP contribution in [0.3, 0.4) is 0 Å². The largest absolute Gasteiger partial charge is 0.370 e. The van der Waals surface area contributed by atoms with Crippen LogP contribution >= 0.6 is 0 Å². The van der Waals surface area contributed by atoms with E-state index in [0.717, 1.165) is 42.7 Å². The van der Waals surface area contributed by atoms with E-state index in [2.05, 4.69) is 42.3 Å². The number of anilines is 2. The molecule has 1 saturated heterocycles. The monoisotopic (exact) mass is 324 g/mol. The third-order valence-corrected chi connectivity index (χ3v) is 4.37. The predicted molar refractivity (Wildman–Crippen MR) is 101 cm³/mol. The van der Waals surface area contributed by atoms with E-state index in [4.69, 9.17) is 9.97 Å². The van der Waals surface area contributed by atoms with Gasteiger partial charge in [0.05, 0.1) is 0 Å². The van der Waals surface area contributed by atoms with Crippen molar-refractivity contribution < 1.29 is 0 Å². The number of nitrogens with zero attached hydrogens (tertiary/aromatic N) is 3. The Morgan fingerprint density at radius 2 is 1.71 bits per heavy atom. The molecule has 1 aliphatic heterocycles. The maximum absolute atomic E-state index is 4.87. The van der Waals surface area contributed by atoms with Gasteiger partial charge in [0.1, 0.15) is 11.6 Å². The number of hydrogen-bond acceptors (Lipinski definition) is 4. The Kier molecular flexibility index (Phi) is 5.68. The first kappa shape index (κ1) is 16.7. The number of hydrogen-bond donors (Lipinski definition) is 1. The molecule has 3 rings (SSSR count). The average molecular weight is 324 g/mol. The van der Waals surface area contributed by atoms with E-state index in [1.54, 1.807) is 0 Å². The predicted octanol–water partition coefficient (Wildman–Crippen LogP) is 4.59. The molecule has 0 radical (unpaired) electrons. The highest BCUT2D eigenvalue weighted by atomic mass is 15.2. The molecule has 2 heterocycles. The van der Waals surface area contributed by atoms with E-state index in [9.17, 15) is 0 Å². The average Bonchev–Trinajstić information content (AvgIpc) is 2.90. The zero-order valence-electron chi connectivity index (χ0n) is 14.8. The molecule has 0 atom stereocenters. The Morgan fingerprint density at radius 3 is 2.38 bits per heavy atom. The lowest BCUT2D eigenvalue weighted by molar-refractivity contribution is 0.686. The molecule has 1 aliphatic rings. The summed E-state index contributed by atoms with van der Waals surface area (Å²) in [6, 6.07) is 12.4. The quantitative estimate of drug-likeness (QED) is 0.873. The molecule has 0 spiro atoms. The van der Waals surface area contributed by atoms with E-state index in [-0.39, 0.29) is 0 Å². The van der Waals surface area contributed by atoms with Crippen LogP contribution in [-0.2, 0) is 0 Å². The summed E-state index contributed by atoms with van der Waals surface area (Å²) in [6.07, 6.45) is 5.15. The Hall–Kier alpha value is -2.10. The van der Waals surface area contributed by atoms with E-state index < -0.39 is 0 Å². The highest BCUT2D eigenvalue weighted by Crippen LogP contribution is 2.24. The van der Waals surface area contributed by atoms with Crippen LogP contribution in [0.5, 0.6) is 0 Å². The Bertz CT molecular complexity index is 631. The van der Waals surface area contributed by atoms with Crippen molar-refractivity contribution in [3.63, 3.8) is 0 Å². The molecular weight excluding hydrogens is 296 g/mol. The van der Waals surface area contributed by atoms with Crippen LogP contribution in [-0.4, -0.2) is 29.6 Å². The van der Waals surface area contributed by atoms with Crippen molar-refractivity contribution in [3.05, 3.63) is 36.4 Å². The highest BCUT2D eigenvalue weighted by Gasteiger charge is 2.14. The molecule has 0 saturated carbocycles. The SMILES string of the molecule is CC(C)CNc1cc(N2CCCCCC2)nc(-c2ccccc2)n1. The first-order valence-electron chi connectivity index (χ1n) is 9.16. The minimum Gasteiger partial charge on any atom is -0.370 e. The molecule has 4 heteroatoms.